The molecule has 1 fully saturated rings. The molecular weight excluding hydrogens is 222 g/mol. The van der Waals surface area contributed by atoms with Crippen molar-refractivity contribution < 1.29 is 9.53 Å². The van der Waals surface area contributed by atoms with Crippen LogP contribution in [0, 0.1) is 0 Å². The first-order valence-electron chi connectivity index (χ1n) is 6.02. The van der Waals surface area contributed by atoms with Crippen LogP contribution in [0.2, 0.25) is 0 Å². The average molecular weight is 245 g/mol. The predicted octanol–water partition coefficient (Wildman–Crippen LogP) is 3.14. The van der Waals surface area contributed by atoms with Crippen molar-refractivity contribution in [1.29, 1.82) is 0 Å². The number of thioether (sulfide) groups is 1. The summed E-state index contributed by atoms with van der Waals surface area (Å²) in [6.07, 6.45) is 2.03. The Morgan fingerprint density at radius 3 is 2.38 bits per heavy atom. The first-order valence-corrected chi connectivity index (χ1v) is 7.07. The van der Waals surface area contributed by atoms with Gasteiger partial charge in [-0.3, -0.25) is 0 Å². The number of amides is 1. The molecule has 0 atom stereocenters. The van der Waals surface area contributed by atoms with Crippen molar-refractivity contribution in [2.24, 2.45) is 0 Å². The van der Waals surface area contributed by atoms with E-state index in [1.807, 2.05) is 37.4 Å². The van der Waals surface area contributed by atoms with E-state index in [0.29, 0.717) is 0 Å². The fraction of sp³-hybridized carbons (Fsp3) is 0.917. The van der Waals surface area contributed by atoms with Gasteiger partial charge in [0.1, 0.15) is 5.60 Å². The van der Waals surface area contributed by atoms with Crippen molar-refractivity contribution in [3.63, 3.8) is 0 Å². The van der Waals surface area contributed by atoms with Crippen LogP contribution in [0.5, 0.6) is 0 Å². The normalized spacial score (nSPS) is 18.6. The van der Waals surface area contributed by atoms with Crippen LogP contribution in [0.4, 0.5) is 4.79 Å². The zero-order valence-corrected chi connectivity index (χ0v) is 11.6. The van der Waals surface area contributed by atoms with Gasteiger partial charge in [-0.1, -0.05) is 6.92 Å². The summed E-state index contributed by atoms with van der Waals surface area (Å²) in [5.74, 6) is 1.16. The highest BCUT2D eigenvalue weighted by molar-refractivity contribution is 7.99. The lowest BCUT2D eigenvalue weighted by atomic mass is 10.1. The number of piperidine rings is 1. The molecule has 1 rings (SSSR count). The minimum absolute atomic E-state index is 0.160. The second-order valence-corrected chi connectivity index (χ2v) is 6.70. The summed E-state index contributed by atoms with van der Waals surface area (Å²) in [4.78, 5) is 13.6. The third-order valence-electron chi connectivity index (χ3n) is 2.50. The van der Waals surface area contributed by atoms with E-state index in [2.05, 4.69) is 6.92 Å². The average Bonchev–Trinajstić information content (AvgIpc) is 2.16. The fourth-order valence-electron chi connectivity index (χ4n) is 1.77. The fourth-order valence-corrected chi connectivity index (χ4v) is 2.78. The standard InChI is InChI=1S/C12H23NO2S/c1-5-16-10-6-8-13(9-7-10)11(14)15-12(2,3)4/h10H,5-9H2,1-4H3. The molecule has 1 heterocycles. The molecule has 0 saturated carbocycles. The van der Waals surface area contributed by atoms with Crippen molar-refractivity contribution in [2.75, 3.05) is 18.8 Å². The maximum absolute atomic E-state index is 11.8. The van der Waals surface area contributed by atoms with E-state index in [1.165, 1.54) is 0 Å². The summed E-state index contributed by atoms with van der Waals surface area (Å²) in [6, 6.07) is 0. The largest absolute Gasteiger partial charge is 0.444 e. The number of likely N-dealkylation sites (tertiary alicyclic amines) is 1. The lowest BCUT2D eigenvalue weighted by Gasteiger charge is -2.33. The molecule has 3 nitrogen and oxygen atoms in total. The molecule has 1 aliphatic rings. The van der Waals surface area contributed by atoms with E-state index in [-0.39, 0.29) is 11.7 Å². The quantitative estimate of drug-likeness (QED) is 0.748. The van der Waals surface area contributed by atoms with E-state index < -0.39 is 0 Å². The van der Waals surface area contributed by atoms with Crippen LogP contribution in [-0.4, -0.2) is 40.7 Å². The maximum atomic E-state index is 11.8. The van der Waals surface area contributed by atoms with E-state index >= 15 is 0 Å². The Hall–Kier alpha value is -0.380. The van der Waals surface area contributed by atoms with Gasteiger partial charge in [-0.15, -0.1) is 0 Å². The van der Waals surface area contributed by atoms with Crippen LogP contribution in [0.15, 0.2) is 0 Å². The summed E-state index contributed by atoms with van der Waals surface area (Å²) >= 11 is 2.00. The molecule has 0 spiro atoms. The lowest BCUT2D eigenvalue weighted by Crippen LogP contribution is -2.42. The number of rotatable bonds is 2. The molecule has 16 heavy (non-hydrogen) atoms. The number of carbonyl (C=O) groups is 1. The second-order valence-electron chi connectivity index (χ2n) is 5.12. The van der Waals surface area contributed by atoms with Crippen LogP contribution < -0.4 is 0 Å². The summed E-state index contributed by atoms with van der Waals surface area (Å²) in [7, 11) is 0. The van der Waals surface area contributed by atoms with Gasteiger partial charge in [0, 0.05) is 18.3 Å². The van der Waals surface area contributed by atoms with Gasteiger partial charge in [0.15, 0.2) is 0 Å². The molecule has 0 unspecified atom stereocenters. The van der Waals surface area contributed by atoms with Crippen LogP contribution in [-0.2, 0) is 4.74 Å². The summed E-state index contributed by atoms with van der Waals surface area (Å²) in [5, 5.41) is 0.726. The second kappa shape index (κ2) is 5.80. The first kappa shape index (κ1) is 13.7. The summed E-state index contributed by atoms with van der Waals surface area (Å²) in [5.41, 5.74) is -0.383. The molecule has 94 valence electrons. The molecule has 0 aromatic carbocycles. The molecule has 0 radical (unpaired) electrons. The van der Waals surface area contributed by atoms with Gasteiger partial charge in [-0.25, -0.2) is 4.79 Å². The minimum atomic E-state index is -0.383. The molecule has 0 aromatic rings. The summed E-state index contributed by atoms with van der Waals surface area (Å²) < 4.78 is 5.35. The minimum Gasteiger partial charge on any atom is -0.444 e. The van der Waals surface area contributed by atoms with Gasteiger partial charge >= 0.3 is 6.09 Å². The van der Waals surface area contributed by atoms with Crippen molar-refractivity contribution in [3.05, 3.63) is 0 Å². The van der Waals surface area contributed by atoms with Crippen LogP contribution >= 0.6 is 11.8 Å². The maximum Gasteiger partial charge on any atom is 0.410 e. The van der Waals surface area contributed by atoms with Crippen LogP contribution in [0.1, 0.15) is 40.5 Å². The predicted molar refractivity (Wildman–Crippen MR) is 69.0 cm³/mol. The number of ether oxygens (including phenoxy) is 1. The van der Waals surface area contributed by atoms with Crippen molar-refractivity contribution >= 4 is 17.9 Å². The number of nitrogens with zero attached hydrogens (tertiary/aromatic N) is 1. The van der Waals surface area contributed by atoms with E-state index in [0.717, 1.165) is 36.9 Å². The van der Waals surface area contributed by atoms with E-state index in [4.69, 9.17) is 4.74 Å². The molecular formula is C12H23NO2S. The highest BCUT2D eigenvalue weighted by Crippen LogP contribution is 2.24. The molecule has 0 aliphatic carbocycles. The van der Waals surface area contributed by atoms with Crippen molar-refractivity contribution in [3.8, 4) is 0 Å². The van der Waals surface area contributed by atoms with Crippen LogP contribution in [0.25, 0.3) is 0 Å². The van der Waals surface area contributed by atoms with Gasteiger partial charge in [0.25, 0.3) is 0 Å². The van der Waals surface area contributed by atoms with Crippen molar-refractivity contribution in [2.45, 2.75) is 51.4 Å². The third-order valence-corrected chi connectivity index (χ3v) is 3.77. The van der Waals surface area contributed by atoms with Gasteiger partial charge in [0.2, 0.25) is 0 Å². The highest BCUT2D eigenvalue weighted by Gasteiger charge is 2.26. The lowest BCUT2D eigenvalue weighted by molar-refractivity contribution is 0.0219. The molecule has 0 N–H and O–H groups in total. The van der Waals surface area contributed by atoms with Gasteiger partial charge in [0.05, 0.1) is 0 Å². The monoisotopic (exact) mass is 245 g/mol. The molecule has 0 bridgehead atoms. The highest BCUT2D eigenvalue weighted by atomic mass is 32.2. The topological polar surface area (TPSA) is 29.5 Å². The Kier molecular flexibility index (Phi) is 4.96. The first-order chi connectivity index (χ1) is 7.42. The Labute approximate surface area is 103 Å². The smallest absolute Gasteiger partial charge is 0.410 e. The number of hydrogen-bond donors (Lipinski definition) is 0. The Morgan fingerprint density at radius 1 is 1.38 bits per heavy atom. The number of carbonyl (C=O) groups excluding carboxylic acids is 1. The zero-order valence-electron chi connectivity index (χ0n) is 10.8. The Balaban J connectivity index is 2.33. The zero-order chi connectivity index (χ0) is 12.2. The molecule has 0 aromatic heterocycles. The molecule has 1 aliphatic heterocycles. The van der Waals surface area contributed by atoms with Crippen molar-refractivity contribution in [1.82, 2.24) is 4.90 Å². The molecule has 1 amide bonds. The van der Waals surface area contributed by atoms with Gasteiger partial charge in [-0.05, 0) is 39.4 Å². The van der Waals surface area contributed by atoms with Crippen LogP contribution in [0.3, 0.4) is 0 Å². The summed E-state index contributed by atoms with van der Waals surface area (Å²) in [6.45, 7) is 9.59. The van der Waals surface area contributed by atoms with Gasteiger partial charge in [-0.2, -0.15) is 11.8 Å². The van der Waals surface area contributed by atoms with E-state index in [1.54, 1.807) is 0 Å². The Morgan fingerprint density at radius 2 is 1.94 bits per heavy atom. The van der Waals surface area contributed by atoms with Gasteiger partial charge < -0.3 is 9.64 Å². The molecule has 4 heteroatoms. The SMILES string of the molecule is CCSC1CCN(C(=O)OC(C)(C)C)CC1. The van der Waals surface area contributed by atoms with E-state index in [9.17, 15) is 4.79 Å². The third kappa shape index (κ3) is 4.64. The molecule has 1 saturated heterocycles. The number of hydrogen-bond acceptors (Lipinski definition) is 3. The Bertz CT molecular complexity index is 230.